The fraction of sp³-hybridized carbons (Fsp3) is 0.786. The largest absolute Gasteiger partial charge is 0.480 e. The van der Waals surface area contributed by atoms with Gasteiger partial charge in [-0.1, -0.05) is 13.3 Å². The van der Waals surface area contributed by atoms with E-state index in [0.29, 0.717) is 38.9 Å². The van der Waals surface area contributed by atoms with E-state index in [4.69, 9.17) is 0 Å². The highest BCUT2D eigenvalue weighted by Gasteiger charge is 2.40. The molecule has 0 radical (unpaired) electrons. The van der Waals surface area contributed by atoms with Crippen molar-refractivity contribution in [1.82, 2.24) is 15.1 Å². The molecule has 0 spiro atoms. The van der Waals surface area contributed by atoms with E-state index in [1.165, 1.54) is 6.92 Å². The molecule has 2 saturated heterocycles. The first-order valence-electron chi connectivity index (χ1n) is 7.47. The van der Waals surface area contributed by atoms with E-state index in [1.54, 1.807) is 4.90 Å². The van der Waals surface area contributed by atoms with Crippen molar-refractivity contribution in [1.29, 1.82) is 0 Å². The van der Waals surface area contributed by atoms with Crippen molar-refractivity contribution < 1.29 is 19.5 Å². The van der Waals surface area contributed by atoms with Crippen LogP contribution in [0.15, 0.2) is 0 Å². The van der Waals surface area contributed by atoms with Crippen LogP contribution < -0.4 is 5.32 Å². The second-order valence-electron chi connectivity index (χ2n) is 6.04. The molecular weight excluding hydrogens is 274 g/mol. The number of nitrogens with zero attached hydrogens (tertiary/aromatic N) is 2. The molecule has 7 heteroatoms. The maximum Gasteiger partial charge on any atom is 0.329 e. The highest BCUT2D eigenvalue weighted by molar-refractivity contribution is 5.86. The predicted molar refractivity (Wildman–Crippen MR) is 75.8 cm³/mol. The lowest BCUT2D eigenvalue weighted by molar-refractivity contribution is -0.144. The van der Waals surface area contributed by atoms with Crippen LogP contribution in [0.4, 0.5) is 4.79 Å². The smallest absolute Gasteiger partial charge is 0.329 e. The van der Waals surface area contributed by atoms with Gasteiger partial charge in [-0.15, -0.1) is 0 Å². The van der Waals surface area contributed by atoms with Crippen molar-refractivity contribution in [2.24, 2.45) is 0 Å². The summed E-state index contributed by atoms with van der Waals surface area (Å²) in [5, 5.41) is 11.9. The summed E-state index contributed by atoms with van der Waals surface area (Å²) in [6.45, 7) is 4.89. The van der Waals surface area contributed by atoms with Crippen LogP contribution in [0.1, 0.15) is 39.5 Å². The molecule has 2 N–H and O–H groups in total. The number of nitrogens with one attached hydrogen (secondary N) is 1. The Morgan fingerprint density at radius 2 is 2.14 bits per heavy atom. The van der Waals surface area contributed by atoms with Crippen LogP contribution in [0.3, 0.4) is 0 Å². The third-order valence-electron chi connectivity index (χ3n) is 4.39. The van der Waals surface area contributed by atoms with Crippen LogP contribution in [0, 0.1) is 0 Å². The number of hydrogen-bond acceptors (Lipinski definition) is 3. The summed E-state index contributed by atoms with van der Waals surface area (Å²) in [7, 11) is 0. The Balaban J connectivity index is 1.97. The van der Waals surface area contributed by atoms with E-state index in [1.807, 2.05) is 11.8 Å². The summed E-state index contributed by atoms with van der Waals surface area (Å²) in [6, 6.07) is -0.272. The van der Waals surface area contributed by atoms with Crippen molar-refractivity contribution in [3.8, 4) is 0 Å². The highest BCUT2D eigenvalue weighted by atomic mass is 16.4. The zero-order chi connectivity index (χ0) is 15.6. The number of aliphatic carboxylic acids is 1. The van der Waals surface area contributed by atoms with E-state index in [2.05, 4.69) is 5.32 Å². The molecule has 0 aliphatic carbocycles. The Morgan fingerprint density at radius 3 is 2.76 bits per heavy atom. The van der Waals surface area contributed by atoms with Crippen LogP contribution in [0.25, 0.3) is 0 Å². The zero-order valence-corrected chi connectivity index (χ0v) is 12.6. The Kier molecular flexibility index (Phi) is 4.39. The minimum atomic E-state index is -1.24. The lowest BCUT2D eigenvalue weighted by atomic mass is 9.96. The van der Waals surface area contributed by atoms with Crippen LogP contribution in [-0.4, -0.2) is 64.0 Å². The molecule has 2 heterocycles. The molecule has 2 unspecified atom stereocenters. The van der Waals surface area contributed by atoms with Gasteiger partial charge >= 0.3 is 12.0 Å². The van der Waals surface area contributed by atoms with Gasteiger partial charge in [0, 0.05) is 32.1 Å². The number of fused-ring (bicyclic) bond motifs is 1. The number of amides is 3. The molecule has 0 bridgehead atoms. The third kappa shape index (κ3) is 3.11. The first-order valence-corrected chi connectivity index (χ1v) is 7.47. The molecule has 0 aromatic carbocycles. The number of carbonyl (C=O) groups is 3. The first-order chi connectivity index (χ1) is 9.87. The first kappa shape index (κ1) is 15.6. The number of urea groups is 1. The van der Waals surface area contributed by atoms with Gasteiger partial charge in [-0.3, -0.25) is 4.79 Å². The second kappa shape index (κ2) is 5.91. The fourth-order valence-corrected chi connectivity index (χ4v) is 3.09. The summed E-state index contributed by atoms with van der Waals surface area (Å²) in [6.07, 6.45) is 2.38. The van der Waals surface area contributed by atoms with E-state index in [0.717, 1.165) is 6.42 Å². The Morgan fingerprint density at radius 1 is 1.43 bits per heavy atom. The minimum Gasteiger partial charge on any atom is -0.480 e. The standard InChI is InChI=1S/C14H23N3O4/c1-3-6-14(2,12(19)20)15-13(21)16-7-8-17-10(9-16)4-5-11(17)18/h10H,3-9H2,1-2H3,(H,15,21)(H,19,20). The molecule has 0 aromatic heterocycles. The molecule has 3 amide bonds. The zero-order valence-electron chi connectivity index (χ0n) is 12.6. The molecule has 0 aromatic rings. The number of piperazine rings is 1. The topological polar surface area (TPSA) is 90.0 Å². The van der Waals surface area contributed by atoms with Gasteiger partial charge in [0.05, 0.1) is 0 Å². The molecule has 2 aliphatic heterocycles. The Hall–Kier alpha value is -1.79. The monoisotopic (exact) mass is 297 g/mol. The Labute approximate surface area is 124 Å². The van der Waals surface area contributed by atoms with Crippen LogP contribution in [0.5, 0.6) is 0 Å². The van der Waals surface area contributed by atoms with Gasteiger partial charge in [0.25, 0.3) is 0 Å². The molecule has 2 atom stereocenters. The molecule has 2 rings (SSSR count). The van der Waals surface area contributed by atoms with E-state index < -0.39 is 11.5 Å². The highest BCUT2D eigenvalue weighted by Crippen LogP contribution is 2.23. The summed E-state index contributed by atoms with van der Waals surface area (Å²) in [5.74, 6) is -0.867. The van der Waals surface area contributed by atoms with Gasteiger partial charge < -0.3 is 20.2 Å². The number of carbonyl (C=O) groups excluding carboxylic acids is 2. The van der Waals surface area contributed by atoms with Crippen LogP contribution in [-0.2, 0) is 9.59 Å². The normalized spacial score (nSPS) is 24.5. The van der Waals surface area contributed by atoms with Crippen LogP contribution in [0.2, 0.25) is 0 Å². The SMILES string of the molecule is CCCC(C)(NC(=O)N1CCN2C(=O)CCC2C1)C(=O)O. The number of carboxylic acids is 1. The van der Waals surface area contributed by atoms with Crippen LogP contribution >= 0.6 is 0 Å². The second-order valence-corrected chi connectivity index (χ2v) is 6.04. The molecule has 118 valence electrons. The molecule has 21 heavy (non-hydrogen) atoms. The molecular formula is C14H23N3O4. The fourth-order valence-electron chi connectivity index (χ4n) is 3.09. The number of carboxylic acid groups (broad SMARTS) is 1. The van der Waals surface area contributed by atoms with Gasteiger partial charge in [-0.2, -0.15) is 0 Å². The molecule has 0 saturated carbocycles. The number of hydrogen-bond donors (Lipinski definition) is 2. The quantitative estimate of drug-likeness (QED) is 0.797. The van der Waals surface area contributed by atoms with Crippen molar-refractivity contribution in [3.05, 3.63) is 0 Å². The van der Waals surface area contributed by atoms with Gasteiger partial charge in [0.2, 0.25) is 5.91 Å². The molecule has 2 aliphatic rings. The van der Waals surface area contributed by atoms with Crippen molar-refractivity contribution in [2.45, 2.75) is 51.1 Å². The minimum absolute atomic E-state index is 0.0826. The lowest BCUT2D eigenvalue weighted by Crippen LogP contribution is -2.60. The predicted octanol–water partition coefficient (Wildman–Crippen LogP) is 0.646. The van der Waals surface area contributed by atoms with Gasteiger partial charge in [0.1, 0.15) is 5.54 Å². The maximum absolute atomic E-state index is 12.3. The molecule has 2 fully saturated rings. The number of rotatable bonds is 4. The van der Waals surface area contributed by atoms with Gasteiger partial charge in [-0.05, 0) is 19.8 Å². The third-order valence-corrected chi connectivity index (χ3v) is 4.39. The lowest BCUT2D eigenvalue weighted by Gasteiger charge is -2.39. The summed E-state index contributed by atoms with van der Waals surface area (Å²) in [5.41, 5.74) is -1.24. The summed E-state index contributed by atoms with van der Waals surface area (Å²) in [4.78, 5) is 38.7. The van der Waals surface area contributed by atoms with E-state index in [-0.39, 0.29) is 18.0 Å². The van der Waals surface area contributed by atoms with Gasteiger partial charge in [0.15, 0.2) is 0 Å². The van der Waals surface area contributed by atoms with E-state index in [9.17, 15) is 19.5 Å². The maximum atomic E-state index is 12.3. The average Bonchev–Trinajstić information content (AvgIpc) is 2.80. The van der Waals surface area contributed by atoms with E-state index >= 15 is 0 Å². The van der Waals surface area contributed by atoms with Gasteiger partial charge in [-0.25, -0.2) is 9.59 Å². The average molecular weight is 297 g/mol. The van der Waals surface area contributed by atoms with Crippen molar-refractivity contribution in [2.75, 3.05) is 19.6 Å². The summed E-state index contributed by atoms with van der Waals surface area (Å²) < 4.78 is 0. The Bertz CT molecular complexity index is 454. The van der Waals surface area contributed by atoms with Crippen molar-refractivity contribution >= 4 is 17.9 Å². The van der Waals surface area contributed by atoms with Crippen molar-refractivity contribution in [3.63, 3.8) is 0 Å². The molecule has 7 nitrogen and oxygen atoms in total. The summed E-state index contributed by atoms with van der Waals surface area (Å²) >= 11 is 0.